The van der Waals surface area contributed by atoms with Gasteiger partial charge >= 0.3 is 0 Å². The van der Waals surface area contributed by atoms with E-state index in [9.17, 15) is 14.4 Å². The van der Waals surface area contributed by atoms with Gasteiger partial charge < -0.3 is 20.4 Å². The van der Waals surface area contributed by atoms with Crippen molar-refractivity contribution in [1.29, 1.82) is 0 Å². The molecule has 3 aromatic rings. The zero-order valence-electron chi connectivity index (χ0n) is 15.0. The Morgan fingerprint density at radius 1 is 1.00 bits per heavy atom. The van der Waals surface area contributed by atoms with Crippen LogP contribution in [0.5, 0.6) is 5.75 Å². The van der Waals surface area contributed by atoms with Crippen LogP contribution in [0.4, 0.5) is 5.69 Å². The lowest BCUT2D eigenvalue weighted by atomic mass is 10.2. The molecule has 1 aromatic heterocycles. The van der Waals surface area contributed by atoms with Crippen LogP contribution in [-0.2, 0) is 11.3 Å². The molecule has 0 fully saturated rings. The SMILES string of the molecule is NC(=O)c1cccc(OCC(=O)Nc2ccc(Cn3ccccc3=O)cc2)c1. The summed E-state index contributed by atoms with van der Waals surface area (Å²) in [6.45, 7) is 0.247. The fourth-order valence-corrected chi connectivity index (χ4v) is 2.57. The molecule has 3 N–H and O–H groups in total. The molecule has 0 unspecified atom stereocenters. The Labute approximate surface area is 161 Å². The predicted octanol–water partition coefficient (Wildman–Crippen LogP) is 2.01. The Balaban J connectivity index is 1.54. The summed E-state index contributed by atoms with van der Waals surface area (Å²) in [4.78, 5) is 35.0. The van der Waals surface area contributed by atoms with Crippen molar-refractivity contribution in [1.82, 2.24) is 4.57 Å². The first-order chi connectivity index (χ1) is 13.5. The second-order valence-electron chi connectivity index (χ2n) is 6.09. The summed E-state index contributed by atoms with van der Waals surface area (Å²) < 4.78 is 6.99. The highest BCUT2D eigenvalue weighted by molar-refractivity contribution is 5.93. The Bertz CT molecular complexity index is 1040. The lowest BCUT2D eigenvalue weighted by Gasteiger charge is -2.09. The number of nitrogens with zero attached hydrogens (tertiary/aromatic N) is 1. The molecule has 0 atom stereocenters. The number of aromatic nitrogens is 1. The number of carbonyl (C=O) groups is 2. The Hall–Kier alpha value is -3.87. The summed E-state index contributed by atoms with van der Waals surface area (Å²) in [6, 6.07) is 18.5. The van der Waals surface area contributed by atoms with Crippen molar-refractivity contribution in [2.45, 2.75) is 6.54 Å². The topological polar surface area (TPSA) is 103 Å². The van der Waals surface area contributed by atoms with Gasteiger partial charge in [0.25, 0.3) is 11.5 Å². The maximum Gasteiger partial charge on any atom is 0.262 e. The van der Waals surface area contributed by atoms with Crippen LogP contribution in [0, 0.1) is 0 Å². The lowest BCUT2D eigenvalue weighted by molar-refractivity contribution is -0.118. The van der Waals surface area contributed by atoms with Gasteiger partial charge in [0.2, 0.25) is 5.91 Å². The van der Waals surface area contributed by atoms with Gasteiger partial charge in [0.05, 0.1) is 6.54 Å². The molecule has 0 aliphatic carbocycles. The highest BCUT2D eigenvalue weighted by Crippen LogP contribution is 2.14. The number of amides is 2. The van der Waals surface area contributed by atoms with Crippen molar-refractivity contribution in [2.75, 3.05) is 11.9 Å². The minimum Gasteiger partial charge on any atom is -0.484 e. The monoisotopic (exact) mass is 377 g/mol. The second kappa shape index (κ2) is 8.68. The van der Waals surface area contributed by atoms with Gasteiger partial charge in [0.1, 0.15) is 5.75 Å². The maximum atomic E-state index is 12.1. The van der Waals surface area contributed by atoms with E-state index >= 15 is 0 Å². The fourth-order valence-electron chi connectivity index (χ4n) is 2.57. The summed E-state index contributed by atoms with van der Waals surface area (Å²) in [7, 11) is 0. The van der Waals surface area contributed by atoms with Crippen LogP contribution in [0.2, 0.25) is 0 Å². The van der Waals surface area contributed by atoms with Gasteiger partial charge in [-0.25, -0.2) is 0 Å². The first kappa shape index (κ1) is 18.9. The third-order valence-corrected chi connectivity index (χ3v) is 3.98. The molecule has 2 aromatic carbocycles. The number of hydrogen-bond donors (Lipinski definition) is 2. The molecule has 142 valence electrons. The van der Waals surface area contributed by atoms with Crippen molar-refractivity contribution in [3.8, 4) is 5.75 Å². The van der Waals surface area contributed by atoms with Gasteiger partial charge in [-0.2, -0.15) is 0 Å². The smallest absolute Gasteiger partial charge is 0.262 e. The number of primary amides is 1. The molecule has 1 heterocycles. The Morgan fingerprint density at radius 3 is 2.50 bits per heavy atom. The number of nitrogens with two attached hydrogens (primary N) is 1. The lowest BCUT2D eigenvalue weighted by Crippen LogP contribution is -2.20. The van der Waals surface area contributed by atoms with E-state index in [1.54, 1.807) is 53.2 Å². The average molecular weight is 377 g/mol. The molecule has 0 aliphatic rings. The van der Waals surface area contributed by atoms with E-state index in [-0.39, 0.29) is 18.1 Å². The largest absolute Gasteiger partial charge is 0.484 e. The van der Waals surface area contributed by atoms with Crippen LogP contribution in [-0.4, -0.2) is 23.0 Å². The number of hydrogen-bond acceptors (Lipinski definition) is 4. The molecule has 0 spiro atoms. The molecule has 3 rings (SSSR count). The van der Waals surface area contributed by atoms with Crippen molar-refractivity contribution >= 4 is 17.5 Å². The van der Waals surface area contributed by atoms with E-state index in [2.05, 4.69) is 5.32 Å². The van der Waals surface area contributed by atoms with Crippen LogP contribution in [0.3, 0.4) is 0 Å². The predicted molar refractivity (Wildman–Crippen MR) is 105 cm³/mol. The van der Waals surface area contributed by atoms with Gasteiger partial charge in [0, 0.05) is 23.5 Å². The first-order valence-corrected chi connectivity index (χ1v) is 8.58. The molecule has 0 aliphatic heterocycles. The van der Waals surface area contributed by atoms with Crippen molar-refractivity contribution in [2.24, 2.45) is 5.73 Å². The number of ether oxygens (including phenoxy) is 1. The molecule has 0 saturated carbocycles. The summed E-state index contributed by atoms with van der Waals surface area (Å²) in [5.74, 6) is -0.514. The van der Waals surface area contributed by atoms with E-state index in [4.69, 9.17) is 10.5 Å². The summed E-state index contributed by atoms with van der Waals surface area (Å²) >= 11 is 0. The van der Waals surface area contributed by atoms with E-state index in [0.717, 1.165) is 5.56 Å². The quantitative estimate of drug-likeness (QED) is 0.657. The Kier molecular flexibility index (Phi) is 5.86. The van der Waals surface area contributed by atoms with Gasteiger partial charge in [-0.15, -0.1) is 0 Å². The highest BCUT2D eigenvalue weighted by atomic mass is 16.5. The number of anilines is 1. The molecular weight excluding hydrogens is 358 g/mol. The Morgan fingerprint density at radius 2 is 1.79 bits per heavy atom. The van der Waals surface area contributed by atoms with Crippen molar-refractivity contribution in [3.63, 3.8) is 0 Å². The third-order valence-electron chi connectivity index (χ3n) is 3.98. The average Bonchev–Trinajstić information content (AvgIpc) is 2.70. The molecule has 7 heteroatoms. The number of pyridine rings is 1. The zero-order valence-corrected chi connectivity index (χ0v) is 15.0. The summed E-state index contributed by atoms with van der Waals surface area (Å²) in [6.07, 6.45) is 1.72. The normalized spacial score (nSPS) is 10.3. The maximum absolute atomic E-state index is 12.1. The van der Waals surface area contributed by atoms with Crippen molar-refractivity contribution < 1.29 is 14.3 Å². The van der Waals surface area contributed by atoms with Crippen molar-refractivity contribution in [3.05, 3.63) is 94.4 Å². The number of benzene rings is 2. The van der Waals surface area contributed by atoms with Crippen LogP contribution in [0.15, 0.2) is 77.7 Å². The molecule has 2 amide bonds. The molecule has 0 bridgehead atoms. The van der Waals surface area contributed by atoms with E-state index < -0.39 is 5.91 Å². The minimum absolute atomic E-state index is 0.0718. The molecule has 0 radical (unpaired) electrons. The van der Waals surface area contributed by atoms with Gasteiger partial charge in [0.15, 0.2) is 6.61 Å². The molecule has 28 heavy (non-hydrogen) atoms. The number of carbonyl (C=O) groups excluding carboxylic acids is 2. The number of rotatable bonds is 7. The van der Waals surface area contributed by atoms with Crippen LogP contribution in [0.25, 0.3) is 0 Å². The highest BCUT2D eigenvalue weighted by Gasteiger charge is 2.06. The number of nitrogens with one attached hydrogen (secondary N) is 1. The molecule has 7 nitrogen and oxygen atoms in total. The van der Waals surface area contributed by atoms with Crippen LogP contribution >= 0.6 is 0 Å². The van der Waals surface area contributed by atoms with Crippen LogP contribution < -0.4 is 21.3 Å². The second-order valence-corrected chi connectivity index (χ2v) is 6.09. The van der Waals surface area contributed by atoms with Gasteiger partial charge in [-0.3, -0.25) is 14.4 Å². The fraction of sp³-hybridized carbons (Fsp3) is 0.0952. The van der Waals surface area contributed by atoms with Gasteiger partial charge in [-0.1, -0.05) is 24.3 Å². The third kappa shape index (κ3) is 5.07. The van der Waals surface area contributed by atoms with E-state index in [1.807, 2.05) is 12.1 Å². The standard InChI is InChI=1S/C21H19N3O4/c22-21(27)16-4-3-5-18(12-16)28-14-19(25)23-17-9-7-15(8-10-17)13-24-11-2-1-6-20(24)26/h1-12H,13-14H2,(H2,22,27)(H,23,25). The summed E-state index contributed by atoms with van der Waals surface area (Å²) in [5, 5.41) is 2.73. The van der Waals surface area contributed by atoms with Gasteiger partial charge in [-0.05, 0) is 42.0 Å². The first-order valence-electron chi connectivity index (χ1n) is 8.58. The summed E-state index contributed by atoms with van der Waals surface area (Å²) in [5.41, 5.74) is 7.01. The molecule has 0 saturated heterocycles. The molecular formula is C21H19N3O4. The van der Waals surface area contributed by atoms with E-state index in [1.165, 1.54) is 12.1 Å². The zero-order chi connectivity index (χ0) is 19.9. The minimum atomic E-state index is -0.562. The van der Waals surface area contributed by atoms with Crippen LogP contribution in [0.1, 0.15) is 15.9 Å². The van der Waals surface area contributed by atoms with E-state index in [0.29, 0.717) is 23.5 Å².